The van der Waals surface area contributed by atoms with Gasteiger partial charge in [-0.1, -0.05) is 24.6 Å². The summed E-state index contributed by atoms with van der Waals surface area (Å²) in [6.45, 7) is 0. The largest absolute Gasteiger partial charge is 0.416 e. The Kier molecular flexibility index (Phi) is 5.27. The Balaban J connectivity index is 1.72. The predicted molar refractivity (Wildman–Crippen MR) is 89.7 cm³/mol. The SMILES string of the molecule is O=C(NC1CCCCC1N1C(=O)CSC1=O)c1ccc(C(F)(F)F)cc1. The number of benzene rings is 1. The molecule has 1 aromatic rings. The molecule has 0 bridgehead atoms. The maximum Gasteiger partial charge on any atom is 0.416 e. The lowest BCUT2D eigenvalue weighted by Gasteiger charge is -2.36. The lowest BCUT2D eigenvalue weighted by molar-refractivity contribution is -0.137. The van der Waals surface area contributed by atoms with Gasteiger partial charge in [0, 0.05) is 5.56 Å². The van der Waals surface area contributed by atoms with Gasteiger partial charge in [-0.15, -0.1) is 0 Å². The van der Waals surface area contributed by atoms with E-state index in [4.69, 9.17) is 0 Å². The number of carbonyl (C=O) groups is 3. The molecule has 2 atom stereocenters. The van der Waals surface area contributed by atoms with Crippen molar-refractivity contribution in [3.05, 3.63) is 35.4 Å². The molecule has 2 fully saturated rings. The first-order chi connectivity index (χ1) is 12.3. The summed E-state index contributed by atoms with van der Waals surface area (Å²) >= 11 is 0.947. The van der Waals surface area contributed by atoms with Crippen LogP contribution in [-0.2, 0) is 11.0 Å². The average Bonchev–Trinajstić information content (AvgIpc) is 2.93. The summed E-state index contributed by atoms with van der Waals surface area (Å²) in [7, 11) is 0. The van der Waals surface area contributed by atoms with Gasteiger partial charge in [0.05, 0.1) is 23.4 Å². The molecule has 2 unspecified atom stereocenters. The van der Waals surface area contributed by atoms with E-state index in [1.807, 2.05) is 0 Å². The van der Waals surface area contributed by atoms with Gasteiger partial charge in [-0.2, -0.15) is 13.2 Å². The molecule has 1 saturated heterocycles. The number of halogens is 3. The molecule has 3 amide bonds. The van der Waals surface area contributed by atoms with E-state index >= 15 is 0 Å². The molecule has 0 spiro atoms. The van der Waals surface area contributed by atoms with E-state index < -0.39 is 29.7 Å². The second-order valence-corrected chi connectivity index (χ2v) is 7.25. The molecular weight excluding hydrogens is 369 g/mol. The van der Waals surface area contributed by atoms with E-state index in [9.17, 15) is 27.6 Å². The second kappa shape index (κ2) is 7.30. The highest BCUT2D eigenvalue weighted by Crippen LogP contribution is 2.31. The summed E-state index contributed by atoms with van der Waals surface area (Å²) in [6.07, 6.45) is -1.55. The van der Waals surface area contributed by atoms with Gasteiger partial charge in [0.15, 0.2) is 0 Å². The highest BCUT2D eigenvalue weighted by molar-refractivity contribution is 8.14. The zero-order valence-corrected chi connectivity index (χ0v) is 14.5. The topological polar surface area (TPSA) is 66.5 Å². The molecule has 1 aliphatic carbocycles. The van der Waals surface area contributed by atoms with Crippen LogP contribution in [0.5, 0.6) is 0 Å². The van der Waals surface area contributed by atoms with Gasteiger partial charge in [0.1, 0.15) is 0 Å². The molecule has 1 heterocycles. The molecule has 5 nitrogen and oxygen atoms in total. The van der Waals surface area contributed by atoms with Gasteiger partial charge in [-0.25, -0.2) is 0 Å². The van der Waals surface area contributed by atoms with Gasteiger partial charge < -0.3 is 5.32 Å². The second-order valence-electron chi connectivity index (χ2n) is 6.33. The number of rotatable bonds is 3. The number of hydrogen-bond donors (Lipinski definition) is 1. The standard InChI is InChI=1S/C17H17F3N2O3S/c18-17(19,20)11-7-5-10(6-8-11)15(24)21-12-3-1-2-4-13(12)22-14(23)9-26-16(22)25/h5-8,12-13H,1-4,9H2,(H,21,24). The molecule has 1 aliphatic heterocycles. The summed E-state index contributed by atoms with van der Waals surface area (Å²) in [5.41, 5.74) is -0.717. The number of alkyl halides is 3. The van der Waals surface area contributed by atoms with Crippen LogP contribution in [0.25, 0.3) is 0 Å². The normalized spacial score (nSPS) is 24.0. The van der Waals surface area contributed by atoms with E-state index in [1.165, 1.54) is 4.90 Å². The predicted octanol–water partition coefficient (Wildman–Crippen LogP) is 3.44. The number of nitrogens with one attached hydrogen (secondary N) is 1. The first-order valence-corrected chi connectivity index (χ1v) is 9.23. The summed E-state index contributed by atoms with van der Waals surface area (Å²) in [5, 5.41) is 2.48. The molecule has 1 aromatic carbocycles. The third-order valence-corrected chi connectivity index (χ3v) is 5.47. The number of imide groups is 1. The van der Waals surface area contributed by atoms with Crippen LogP contribution in [0.4, 0.5) is 18.0 Å². The van der Waals surface area contributed by atoms with Gasteiger partial charge in [-0.05, 0) is 37.1 Å². The first-order valence-electron chi connectivity index (χ1n) is 8.24. The highest BCUT2D eigenvalue weighted by Gasteiger charge is 2.41. The van der Waals surface area contributed by atoms with Crippen LogP contribution in [0.1, 0.15) is 41.6 Å². The molecule has 9 heteroatoms. The average molecular weight is 386 g/mol. The lowest BCUT2D eigenvalue weighted by Crippen LogP contribution is -2.54. The molecule has 2 aliphatic rings. The van der Waals surface area contributed by atoms with E-state index in [-0.39, 0.29) is 22.5 Å². The van der Waals surface area contributed by atoms with Crippen LogP contribution < -0.4 is 5.32 Å². The van der Waals surface area contributed by atoms with Crippen molar-refractivity contribution in [1.29, 1.82) is 0 Å². The van der Waals surface area contributed by atoms with E-state index in [1.54, 1.807) is 0 Å². The summed E-state index contributed by atoms with van der Waals surface area (Å²) in [5.74, 6) is -0.669. The fourth-order valence-corrected chi connectivity index (χ4v) is 4.10. The van der Waals surface area contributed by atoms with E-state index in [0.717, 1.165) is 48.9 Å². The van der Waals surface area contributed by atoms with Crippen molar-refractivity contribution >= 4 is 28.8 Å². The molecule has 26 heavy (non-hydrogen) atoms. The van der Waals surface area contributed by atoms with Crippen molar-refractivity contribution in [2.45, 2.75) is 43.9 Å². The molecule has 0 radical (unpaired) electrons. The van der Waals surface area contributed by atoms with Gasteiger partial charge in [-0.3, -0.25) is 19.3 Å². The van der Waals surface area contributed by atoms with Crippen molar-refractivity contribution in [2.24, 2.45) is 0 Å². The fourth-order valence-electron chi connectivity index (χ4n) is 3.34. The number of carbonyl (C=O) groups excluding carboxylic acids is 3. The van der Waals surface area contributed by atoms with Crippen LogP contribution in [0.3, 0.4) is 0 Å². The summed E-state index contributed by atoms with van der Waals surface area (Å²) in [6, 6.07) is 3.16. The maximum atomic E-state index is 12.6. The Morgan fingerprint density at radius 2 is 1.77 bits per heavy atom. The molecule has 0 aromatic heterocycles. The van der Waals surface area contributed by atoms with Crippen molar-refractivity contribution < 1.29 is 27.6 Å². The monoisotopic (exact) mass is 386 g/mol. The van der Waals surface area contributed by atoms with E-state index in [0.29, 0.717) is 12.8 Å². The zero-order chi connectivity index (χ0) is 18.9. The number of nitrogens with zero attached hydrogens (tertiary/aromatic N) is 1. The Bertz CT molecular complexity index is 705. The van der Waals surface area contributed by atoms with Crippen molar-refractivity contribution in [3.8, 4) is 0 Å². The molecule has 140 valence electrons. The van der Waals surface area contributed by atoms with Crippen LogP contribution in [0.15, 0.2) is 24.3 Å². The summed E-state index contributed by atoms with van der Waals surface area (Å²) < 4.78 is 37.9. The minimum absolute atomic E-state index is 0.106. The maximum absolute atomic E-state index is 12.6. The number of amides is 3. The third-order valence-electron chi connectivity index (χ3n) is 4.64. The number of thioether (sulfide) groups is 1. The smallest absolute Gasteiger partial charge is 0.347 e. The zero-order valence-electron chi connectivity index (χ0n) is 13.7. The van der Waals surface area contributed by atoms with Crippen molar-refractivity contribution in [3.63, 3.8) is 0 Å². The molecule has 1 N–H and O–H groups in total. The minimum Gasteiger partial charge on any atom is -0.347 e. The van der Waals surface area contributed by atoms with Gasteiger partial charge in [0.2, 0.25) is 5.91 Å². The third kappa shape index (κ3) is 3.87. The van der Waals surface area contributed by atoms with Gasteiger partial charge >= 0.3 is 6.18 Å². The molecule has 1 saturated carbocycles. The fraction of sp³-hybridized carbons (Fsp3) is 0.471. The van der Waals surface area contributed by atoms with Crippen LogP contribution >= 0.6 is 11.8 Å². The first kappa shape index (κ1) is 18.8. The Morgan fingerprint density at radius 3 is 2.35 bits per heavy atom. The van der Waals surface area contributed by atoms with Crippen LogP contribution in [-0.4, -0.2) is 39.8 Å². The summed E-state index contributed by atoms with van der Waals surface area (Å²) in [4.78, 5) is 37.6. The Labute approximate surface area is 152 Å². The molecular formula is C17H17F3N2O3S. The van der Waals surface area contributed by atoms with Crippen molar-refractivity contribution in [2.75, 3.05) is 5.75 Å². The van der Waals surface area contributed by atoms with Crippen LogP contribution in [0, 0.1) is 0 Å². The van der Waals surface area contributed by atoms with E-state index in [2.05, 4.69) is 5.32 Å². The Morgan fingerprint density at radius 1 is 1.12 bits per heavy atom. The lowest BCUT2D eigenvalue weighted by atomic mass is 9.89. The number of hydrogen-bond acceptors (Lipinski definition) is 4. The minimum atomic E-state index is -4.46. The Hall–Kier alpha value is -2.03. The highest BCUT2D eigenvalue weighted by atomic mass is 32.2. The van der Waals surface area contributed by atoms with Gasteiger partial charge in [0.25, 0.3) is 11.1 Å². The van der Waals surface area contributed by atoms with Crippen molar-refractivity contribution in [1.82, 2.24) is 10.2 Å². The quantitative estimate of drug-likeness (QED) is 0.864. The van der Waals surface area contributed by atoms with Crippen LogP contribution in [0.2, 0.25) is 0 Å². The molecule has 3 rings (SSSR count).